The molecule has 0 unspecified atom stereocenters. The Bertz CT molecular complexity index is 164. The van der Waals surface area contributed by atoms with Gasteiger partial charge >= 0.3 is 5.97 Å². The second kappa shape index (κ2) is 11.2. The number of hydrogen-bond donors (Lipinski definition) is 1. The highest BCUT2D eigenvalue weighted by atomic mass is 16.4. The Kier molecular flexibility index (Phi) is 12.4. The van der Waals surface area contributed by atoms with Gasteiger partial charge in [0, 0.05) is 5.57 Å². The van der Waals surface area contributed by atoms with Crippen LogP contribution in [-0.4, -0.2) is 36.6 Å². The summed E-state index contributed by atoms with van der Waals surface area (Å²) in [6.07, 6.45) is 5.50. The summed E-state index contributed by atoms with van der Waals surface area (Å²) >= 11 is 0. The number of aliphatic carboxylic acids is 1. The van der Waals surface area contributed by atoms with E-state index in [0.29, 0.717) is 0 Å². The highest BCUT2D eigenvalue weighted by molar-refractivity contribution is 5.84. The minimum atomic E-state index is -0.935. The van der Waals surface area contributed by atoms with E-state index in [2.05, 4.69) is 32.5 Å². The minimum Gasteiger partial charge on any atom is -0.478 e. The average Bonchev–Trinajstić information content (AvgIpc) is 2.13. The number of rotatable bonds is 6. The fraction of sp³-hybridized carbons (Fsp3) is 0.750. The van der Waals surface area contributed by atoms with Crippen LogP contribution in [0.4, 0.5) is 0 Å². The van der Waals surface area contributed by atoms with Crippen LogP contribution < -0.4 is 0 Å². The van der Waals surface area contributed by atoms with Crippen LogP contribution in [0.5, 0.6) is 0 Å². The number of carboxylic acids is 1. The molecule has 0 saturated carbocycles. The summed E-state index contributed by atoms with van der Waals surface area (Å²) in [5.74, 6) is -0.935. The van der Waals surface area contributed by atoms with Gasteiger partial charge in [-0.1, -0.05) is 32.8 Å². The first-order chi connectivity index (χ1) is 6.91. The quantitative estimate of drug-likeness (QED) is 0.547. The Morgan fingerprint density at radius 2 is 1.73 bits per heavy atom. The van der Waals surface area contributed by atoms with Gasteiger partial charge in [-0.05, 0) is 34.0 Å². The number of carboxylic acid groups (broad SMARTS) is 1. The van der Waals surface area contributed by atoms with Crippen molar-refractivity contribution in [1.82, 2.24) is 4.90 Å². The third-order valence-electron chi connectivity index (χ3n) is 1.82. The van der Waals surface area contributed by atoms with Crippen LogP contribution in [-0.2, 0) is 4.79 Å². The molecule has 0 fully saturated rings. The average molecular weight is 215 g/mol. The third kappa shape index (κ3) is 19.5. The van der Waals surface area contributed by atoms with Crippen LogP contribution in [0.2, 0.25) is 0 Å². The molecule has 0 heterocycles. The van der Waals surface area contributed by atoms with Crippen molar-refractivity contribution in [3.05, 3.63) is 12.2 Å². The maximum Gasteiger partial charge on any atom is 0.330 e. The van der Waals surface area contributed by atoms with Crippen molar-refractivity contribution in [2.45, 2.75) is 39.5 Å². The molecular formula is C12H25NO2. The van der Waals surface area contributed by atoms with Gasteiger partial charge in [-0.25, -0.2) is 4.79 Å². The number of nitrogens with zero attached hydrogens (tertiary/aromatic N) is 1. The van der Waals surface area contributed by atoms with E-state index in [9.17, 15) is 4.79 Å². The van der Waals surface area contributed by atoms with E-state index in [1.54, 1.807) is 0 Å². The molecule has 0 atom stereocenters. The van der Waals surface area contributed by atoms with Crippen LogP contribution >= 0.6 is 0 Å². The predicted molar refractivity (Wildman–Crippen MR) is 65.1 cm³/mol. The van der Waals surface area contributed by atoms with Crippen LogP contribution in [0.3, 0.4) is 0 Å². The zero-order chi connectivity index (χ0) is 12.3. The molecule has 90 valence electrons. The van der Waals surface area contributed by atoms with Crippen molar-refractivity contribution in [3.8, 4) is 0 Å². The summed E-state index contributed by atoms with van der Waals surface area (Å²) in [4.78, 5) is 11.8. The maximum absolute atomic E-state index is 9.60. The Morgan fingerprint density at radius 1 is 1.27 bits per heavy atom. The molecule has 0 aliphatic heterocycles. The van der Waals surface area contributed by atoms with E-state index < -0.39 is 5.97 Å². The van der Waals surface area contributed by atoms with Crippen LogP contribution in [0, 0.1) is 0 Å². The zero-order valence-corrected chi connectivity index (χ0v) is 10.5. The van der Waals surface area contributed by atoms with Crippen molar-refractivity contribution in [3.63, 3.8) is 0 Å². The lowest BCUT2D eigenvalue weighted by molar-refractivity contribution is -0.132. The van der Waals surface area contributed by atoms with Crippen LogP contribution in [0.1, 0.15) is 39.5 Å². The highest BCUT2D eigenvalue weighted by Crippen LogP contribution is 1.98. The Hall–Kier alpha value is -0.830. The molecule has 0 rings (SSSR count). The van der Waals surface area contributed by atoms with E-state index in [-0.39, 0.29) is 5.57 Å². The lowest BCUT2D eigenvalue weighted by Gasteiger charge is -2.07. The molecule has 0 bridgehead atoms. The first kappa shape index (κ1) is 16.6. The molecule has 0 aliphatic carbocycles. The van der Waals surface area contributed by atoms with Gasteiger partial charge in [0.15, 0.2) is 0 Å². The second-order valence-corrected chi connectivity index (χ2v) is 3.95. The molecule has 0 saturated heterocycles. The molecule has 0 aromatic heterocycles. The monoisotopic (exact) mass is 215 g/mol. The lowest BCUT2D eigenvalue weighted by atomic mass is 10.2. The third-order valence-corrected chi connectivity index (χ3v) is 1.82. The Morgan fingerprint density at radius 3 is 2.00 bits per heavy atom. The molecule has 0 amide bonds. The van der Waals surface area contributed by atoms with Crippen molar-refractivity contribution in [2.75, 3.05) is 20.6 Å². The molecule has 15 heavy (non-hydrogen) atoms. The van der Waals surface area contributed by atoms with Gasteiger partial charge in [0.05, 0.1) is 0 Å². The summed E-state index contributed by atoms with van der Waals surface area (Å²) in [5.41, 5.74) is 0.176. The van der Waals surface area contributed by atoms with Gasteiger partial charge < -0.3 is 10.0 Å². The van der Waals surface area contributed by atoms with Crippen molar-refractivity contribution < 1.29 is 9.90 Å². The number of carbonyl (C=O) groups is 1. The van der Waals surface area contributed by atoms with E-state index in [4.69, 9.17) is 5.11 Å². The minimum absolute atomic E-state index is 0.176. The molecule has 1 N–H and O–H groups in total. The summed E-state index contributed by atoms with van der Waals surface area (Å²) in [6, 6.07) is 0. The van der Waals surface area contributed by atoms with Gasteiger partial charge in [-0.3, -0.25) is 0 Å². The SMILES string of the molecule is C=C(C)C(=O)O.CCCCCCN(C)C. The van der Waals surface area contributed by atoms with E-state index in [0.717, 1.165) is 0 Å². The first-order valence-electron chi connectivity index (χ1n) is 5.45. The molecule has 0 aromatic rings. The second-order valence-electron chi connectivity index (χ2n) is 3.95. The molecular weight excluding hydrogens is 190 g/mol. The van der Waals surface area contributed by atoms with Gasteiger partial charge in [0.25, 0.3) is 0 Å². The molecule has 3 nitrogen and oxygen atoms in total. The largest absolute Gasteiger partial charge is 0.478 e. The van der Waals surface area contributed by atoms with Crippen molar-refractivity contribution in [1.29, 1.82) is 0 Å². The van der Waals surface area contributed by atoms with Gasteiger partial charge in [-0.15, -0.1) is 0 Å². The predicted octanol–water partition coefficient (Wildman–Crippen LogP) is 2.78. The maximum atomic E-state index is 9.60. The van der Waals surface area contributed by atoms with Crippen molar-refractivity contribution >= 4 is 5.97 Å². The summed E-state index contributed by atoms with van der Waals surface area (Å²) in [6.45, 7) is 8.10. The normalized spacial score (nSPS) is 9.40. The highest BCUT2D eigenvalue weighted by Gasteiger charge is 1.90. The van der Waals surface area contributed by atoms with E-state index in [1.807, 2.05) is 0 Å². The van der Waals surface area contributed by atoms with Crippen molar-refractivity contribution in [2.24, 2.45) is 0 Å². The molecule has 0 aliphatic rings. The summed E-state index contributed by atoms with van der Waals surface area (Å²) in [7, 11) is 4.26. The molecule has 3 heteroatoms. The number of hydrogen-bond acceptors (Lipinski definition) is 2. The van der Waals surface area contributed by atoms with Crippen LogP contribution in [0.15, 0.2) is 12.2 Å². The molecule has 0 spiro atoms. The fourth-order valence-electron chi connectivity index (χ4n) is 0.855. The standard InChI is InChI=1S/C8H19N.C4H6O2/c1-4-5-6-7-8-9(2)3;1-3(2)4(5)6/h4-8H2,1-3H3;1H2,2H3,(H,5,6). The molecule has 0 radical (unpaired) electrons. The fourth-order valence-corrected chi connectivity index (χ4v) is 0.855. The Balaban J connectivity index is 0. The smallest absolute Gasteiger partial charge is 0.330 e. The number of unbranched alkanes of at least 4 members (excludes halogenated alkanes) is 3. The van der Waals surface area contributed by atoms with Crippen LogP contribution in [0.25, 0.3) is 0 Å². The lowest BCUT2D eigenvalue weighted by Crippen LogP contribution is -2.12. The van der Waals surface area contributed by atoms with E-state index >= 15 is 0 Å². The summed E-state index contributed by atoms with van der Waals surface area (Å²) < 4.78 is 0. The summed E-state index contributed by atoms with van der Waals surface area (Å²) in [5, 5.41) is 7.89. The topological polar surface area (TPSA) is 40.5 Å². The van der Waals surface area contributed by atoms with Gasteiger partial charge in [-0.2, -0.15) is 0 Å². The van der Waals surface area contributed by atoms with Gasteiger partial charge in [0.2, 0.25) is 0 Å². The molecule has 0 aromatic carbocycles. The first-order valence-corrected chi connectivity index (χ1v) is 5.45. The Labute approximate surface area is 93.8 Å². The van der Waals surface area contributed by atoms with Gasteiger partial charge in [0.1, 0.15) is 0 Å². The van der Waals surface area contributed by atoms with E-state index in [1.165, 1.54) is 39.2 Å². The zero-order valence-electron chi connectivity index (χ0n) is 10.5.